The molecule has 0 nitrogen and oxygen atoms in total. The zero-order valence-corrected chi connectivity index (χ0v) is 11.9. The predicted molar refractivity (Wildman–Crippen MR) is 64.7 cm³/mol. The molecule has 0 aromatic heterocycles. The minimum atomic E-state index is 1.00. The van der Waals surface area contributed by atoms with E-state index in [9.17, 15) is 0 Å². The fourth-order valence-corrected chi connectivity index (χ4v) is 3.99. The van der Waals surface area contributed by atoms with Crippen molar-refractivity contribution in [3.05, 3.63) is 0 Å². The Morgan fingerprint density at radius 3 is 1.92 bits per heavy atom. The van der Waals surface area contributed by atoms with Gasteiger partial charge in [-0.3, -0.25) is 0 Å². The van der Waals surface area contributed by atoms with Gasteiger partial charge in [0.05, 0.1) is 0 Å². The summed E-state index contributed by atoms with van der Waals surface area (Å²) in [5.74, 6) is 0. The lowest BCUT2D eigenvalue weighted by atomic mass is 10.1. The average molecular weight is 226 g/mol. The van der Waals surface area contributed by atoms with E-state index in [1.54, 1.807) is 0 Å². The minimum Gasteiger partial charge on any atom is -0.0654 e. The Labute approximate surface area is 91.9 Å². The van der Waals surface area contributed by atoms with Gasteiger partial charge in [0.1, 0.15) is 0 Å². The highest BCUT2D eigenvalue weighted by Gasteiger charge is 1.91. The SMILES string of the molecule is CCCCCCCCCC[Si][Si][Si]. The van der Waals surface area contributed by atoms with Gasteiger partial charge in [0.25, 0.3) is 0 Å². The van der Waals surface area contributed by atoms with Crippen molar-refractivity contribution < 1.29 is 0 Å². The first kappa shape index (κ1) is 13.7. The molecule has 13 heavy (non-hydrogen) atoms. The van der Waals surface area contributed by atoms with Gasteiger partial charge in [-0.1, -0.05) is 64.3 Å². The van der Waals surface area contributed by atoms with Gasteiger partial charge in [-0.05, 0) is 0 Å². The molecule has 0 aromatic rings. The van der Waals surface area contributed by atoms with Crippen molar-refractivity contribution >= 4 is 27.4 Å². The van der Waals surface area contributed by atoms with Crippen LogP contribution in [0.3, 0.4) is 0 Å². The highest BCUT2D eigenvalue weighted by Crippen LogP contribution is 2.09. The maximum absolute atomic E-state index is 3.54. The van der Waals surface area contributed by atoms with Crippen LogP contribution >= 0.6 is 0 Å². The molecule has 0 fully saturated rings. The van der Waals surface area contributed by atoms with Crippen LogP contribution in [0.15, 0.2) is 0 Å². The molecule has 0 amide bonds. The fraction of sp³-hybridized carbons (Fsp3) is 1.00. The summed E-state index contributed by atoms with van der Waals surface area (Å²) in [7, 11) is 5.72. The molecule has 0 aliphatic rings. The molecule has 0 bridgehead atoms. The molecule has 0 aliphatic carbocycles. The molecule has 3 heteroatoms. The summed E-state index contributed by atoms with van der Waals surface area (Å²) in [5, 5.41) is 0. The standard InChI is InChI=1S/C10H21Si3/c1-2-3-4-5-6-7-8-9-10-12-13-11/h2-10H2,1H3. The first-order chi connectivity index (χ1) is 6.41. The lowest BCUT2D eigenvalue weighted by molar-refractivity contribution is 0.585. The maximum Gasteiger partial charge on any atom is 0.0180 e. The van der Waals surface area contributed by atoms with Gasteiger partial charge in [0, 0.05) is 27.4 Å². The van der Waals surface area contributed by atoms with Crippen molar-refractivity contribution in [1.29, 1.82) is 0 Å². The van der Waals surface area contributed by atoms with E-state index in [2.05, 4.69) is 16.7 Å². The number of rotatable bonds is 10. The van der Waals surface area contributed by atoms with E-state index in [-0.39, 0.29) is 0 Å². The molecule has 0 N–H and O–H groups in total. The van der Waals surface area contributed by atoms with Gasteiger partial charge in [-0.15, -0.1) is 0 Å². The lowest BCUT2D eigenvalue weighted by Crippen LogP contribution is -2.01. The van der Waals surface area contributed by atoms with Gasteiger partial charge in [-0.25, -0.2) is 0 Å². The summed E-state index contributed by atoms with van der Waals surface area (Å²) in [6, 6.07) is 1.46. The van der Waals surface area contributed by atoms with Gasteiger partial charge < -0.3 is 0 Å². The van der Waals surface area contributed by atoms with E-state index < -0.39 is 0 Å². The largest absolute Gasteiger partial charge is 0.0654 e. The summed E-state index contributed by atoms with van der Waals surface area (Å²) in [5.41, 5.74) is 0. The van der Waals surface area contributed by atoms with Crippen LogP contribution in [0.5, 0.6) is 0 Å². The molecule has 0 saturated carbocycles. The van der Waals surface area contributed by atoms with Gasteiger partial charge in [0.15, 0.2) is 0 Å². The van der Waals surface area contributed by atoms with Crippen LogP contribution in [0.1, 0.15) is 58.3 Å². The second kappa shape index (κ2) is 12.7. The van der Waals surface area contributed by atoms with Crippen LogP contribution in [0, 0.1) is 0 Å². The molecule has 0 unspecified atom stereocenters. The van der Waals surface area contributed by atoms with E-state index in [0.29, 0.717) is 0 Å². The van der Waals surface area contributed by atoms with E-state index in [1.807, 2.05) is 0 Å². The van der Waals surface area contributed by atoms with Crippen molar-refractivity contribution in [3.63, 3.8) is 0 Å². The van der Waals surface area contributed by atoms with Crippen LogP contribution in [0.2, 0.25) is 6.04 Å². The predicted octanol–water partition coefficient (Wildman–Crippen LogP) is 2.95. The Balaban J connectivity index is 2.76. The normalized spacial score (nSPS) is 10.6. The summed E-state index contributed by atoms with van der Waals surface area (Å²) < 4.78 is 0. The highest BCUT2D eigenvalue weighted by molar-refractivity contribution is 7.23. The second-order valence-electron chi connectivity index (χ2n) is 3.53. The summed E-state index contributed by atoms with van der Waals surface area (Å²) in [6.07, 6.45) is 11.6. The highest BCUT2D eigenvalue weighted by atomic mass is 29.5. The molecule has 0 aliphatic heterocycles. The third-order valence-corrected chi connectivity index (χ3v) is 5.90. The molecular weight excluding hydrogens is 204 g/mol. The zero-order chi connectivity index (χ0) is 9.78. The first-order valence-electron chi connectivity index (χ1n) is 5.56. The van der Waals surface area contributed by atoms with Crippen molar-refractivity contribution in [2.75, 3.05) is 0 Å². The summed E-state index contributed by atoms with van der Waals surface area (Å²) in [4.78, 5) is 0. The topological polar surface area (TPSA) is 0 Å². The monoisotopic (exact) mass is 225 g/mol. The molecule has 0 aromatic carbocycles. The molecule has 0 rings (SSSR count). The van der Waals surface area contributed by atoms with Crippen molar-refractivity contribution in [2.45, 2.75) is 64.3 Å². The second-order valence-corrected chi connectivity index (χ2v) is 8.69. The smallest absolute Gasteiger partial charge is 0.0180 e. The van der Waals surface area contributed by atoms with Crippen LogP contribution in [-0.2, 0) is 0 Å². The van der Waals surface area contributed by atoms with Gasteiger partial charge >= 0.3 is 0 Å². The van der Waals surface area contributed by atoms with E-state index in [1.165, 1.54) is 66.4 Å². The van der Waals surface area contributed by atoms with Crippen LogP contribution < -0.4 is 0 Å². The van der Waals surface area contributed by atoms with Gasteiger partial charge in [0.2, 0.25) is 0 Å². The number of hydrogen-bond donors (Lipinski definition) is 0. The van der Waals surface area contributed by atoms with Crippen LogP contribution in [0.25, 0.3) is 0 Å². The van der Waals surface area contributed by atoms with Crippen LogP contribution in [0.4, 0.5) is 0 Å². The molecule has 73 valence electrons. The molecule has 7 radical (unpaired) electrons. The first-order valence-corrected chi connectivity index (χ1v) is 10.3. The van der Waals surface area contributed by atoms with Crippen molar-refractivity contribution in [3.8, 4) is 0 Å². The Bertz CT molecular complexity index is 76.2. The summed E-state index contributed by atoms with van der Waals surface area (Å²) >= 11 is 0. The minimum absolute atomic E-state index is 1.00. The Morgan fingerprint density at radius 2 is 1.38 bits per heavy atom. The van der Waals surface area contributed by atoms with E-state index in [4.69, 9.17) is 0 Å². The average Bonchev–Trinajstić information content (AvgIpc) is 2.16. The zero-order valence-electron chi connectivity index (χ0n) is 8.86. The number of unbranched alkanes of at least 4 members (excludes halogenated alkanes) is 7. The number of hydrogen-bond acceptors (Lipinski definition) is 0. The Morgan fingerprint density at radius 1 is 0.846 bits per heavy atom. The van der Waals surface area contributed by atoms with E-state index in [0.717, 1.165) is 8.55 Å². The van der Waals surface area contributed by atoms with E-state index >= 15 is 0 Å². The lowest BCUT2D eigenvalue weighted by Gasteiger charge is -2.00. The van der Waals surface area contributed by atoms with Crippen molar-refractivity contribution in [1.82, 2.24) is 0 Å². The fourth-order valence-electron chi connectivity index (χ4n) is 1.41. The quantitative estimate of drug-likeness (QED) is 0.396. The molecule has 0 spiro atoms. The van der Waals surface area contributed by atoms with Crippen LogP contribution in [-0.4, -0.2) is 27.4 Å². The van der Waals surface area contributed by atoms with Gasteiger partial charge in [-0.2, -0.15) is 0 Å². The third-order valence-electron chi connectivity index (χ3n) is 2.24. The Hall–Kier alpha value is 0.651. The Kier molecular flexibility index (Phi) is 13.3. The molecular formula is C10H21Si3. The molecule has 0 atom stereocenters. The summed E-state index contributed by atoms with van der Waals surface area (Å²) in [6.45, 7) is 2.28. The maximum atomic E-state index is 3.54. The van der Waals surface area contributed by atoms with Crippen molar-refractivity contribution in [2.24, 2.45) is 0 Å². The molecule has 0 heterocycles. The third kappa shape index (κ3) is 12.7. The molecule has 0 saturated heterocycles.